The lowest BCUT2D eigenvalue weighted by Crippen LogP contribution is -2.17. The molecule has 0 bridgehead atoms. The van der Waals surface area contributed by atoms with Crippen molar-refractivity contribution >= 4 is 28.6 Å². The summed E-state index contributed by atoms with van der Waals surface area (Å²) in [7, 11) is 0. The van der Waals surface area contributed by atoms with Gasteiger partial charge in [-0.3, -0.25) is 4.79 Å². The highest BCUT2D eigenvalue weighted by atomic mass is 32.2. The molecule has 0 saturated heterocycles. The highest BCUT2D eigenvalue weighted by Gasteiger charge is 2.29. The molecule has 0 spiro atoms. The van der Waals surface area contributed by atoms with Gasteiger partial charge in [-0.25, -0.2) is 4.68 Å². The van der Waals surface area contributed by atoms with Gasteiger partial charge in [-0.2, -0.15) is 0 Å². The number of aliphatic hydroxyl groups excluding tert-OH is 1. The minimum absolute atomic E-state index is 0.0403. The number of para-hydroxylation sites is 1. The number of hydrogen-bond donors (Lipinski definition) is 1. The number of aliphatic hydroxyl groups is 1. The van der Waals surface area contributed by atoms with Crippen LogP contribution in [-0.4, -0.2) is 25.9 Å². The fraction of sp³-hybridized carbons (Fsp3) is 0.250. The van der Waals surface area contributed by atoms with E-state index in [9.17, 15) is 9.90 Å². The van der Waals surface area contributed by atoms with E-state index in [1.54, 1.807) is 11.8 Å². The van der Waals surface area contributed by atoms with Crippen molar-refractivity contribution in [1.82, 2.24) is 15.0 Å². The molecule has 1 aliphatic carbocycles. The molecule has 1 heterocycles. The van der Waals surface area contributed by atoms with Crippen LogP contribution in [0, 0.1) is 0 Å². The van der Waals surface area contributed by atoms with E-state index in [4.69, 9.17) is 0 Å². The Morgan fingerprint density at radius 1 is 1.08 bits per heavy atom. The van der Waals surface area contributed by atoms with Gasteiger partial charge in [0.25, 0.3) is 0 Å². The van der Waals surface area contributed by atoms with Gasteiger partial charge >= 0.3 is 0 Å². The van der Waals surface area contributed by atoms with Crippen molar-refractivity contribution in [1.29, 1.82) is 0 Å². The third kappa shape index (κ3) is 3.24. The number of ketones is 1. The van der Waals surface area contributed by atoms with Crippen molar-refractivity contribution < 1.29 is 9.90 Å². The summed E-state index contributed by atoms with van der Waals surface area (Å²) in [6.45, 7) is 0. The third-order valence-electron chi connectivity index (χ3n) is 4.58. The van der Waals surface area contributed by atoms with Crippen LogP contribution in [0.3, 0.4) is 0 Å². The zero-order valence-electron chi connectivity index (χ0n) is 14.2. The second-order valence-electron chi connectivity index (χ2n) is 6.30. The highest BCUT2D eigenvalue weighted by Crippen LogP contribution is 2.41. The van der Waals surface area contributed by atoms with Gasteiger partial charge in [-0.05, 0) is 24.1 Å². The molecule has 0 amide bonds. The number of benzene rings is 2. The molecule has 1 N–H and O–H groups in total. The third-order valence-corrected chi connectivity index (χ3v) is 5.81. The Kier molecular flexibility index (Phi) is 4.75. The van der Waals surface area contributed by atoms with Crippen LogP contribution in [0.4, 0.5) is 0 Å². The number of thioether (sulfide) groups is 1. The van der Waals surface area contributed by atoms with Crippen molar-refractivity contribution in [2.75, 3.05) is 0 Å². The summed E-state index contributed by atoms with van der Waals surface area (Å²) in [6.07, 6.45) is 1.78. The Labute approximate surface area is 155 Å². The van der Waals surface area contributed by atoms with Gasteiger partial charge in [0.15, 0.2) is 5.78 Å². The highest BCUT2D eigenvalue weighted by molar-refractivity contribution is 7.98. The van der Waals surface area contributed by atoms with Crippen LogP contribution in [0.2, 0.25) is 0 Å². The first-order valence-corrected chi connectivity index (χ1v) is 9.69. The summed E-state index contributed by atoms with van der Waals surface area (Å²) in [4.78, 5) is 12.5. The van der Waals surface area contributed by atoms with Gasteiger partial charge in [0.05, 0.1) is 22.2 Å². The van der Waals surface area contributed by atoms with Gasteiger partial charge in [0.2, 0.25) is 0 Å². The molecule has 1 unspecified atom stereocenters. The van der Waals surface area contributed by atoms with Crippen molar-refractivity contribution in [3.05, 3.63) is 71.5 Å². The first-order chi connectivity index (χ1) is 12.7. The van der Waals surface area contributed by atoms with Crippen LogP contribution in [-0.2, 0) is 10.7 Å². The van der Waals surface area contributed by atoms with E-state index in [0.717, 1.165) is 16.6 Å². The van der Waals surface area contributed by atoms with E-state index in [-0.39, 0.29) is 16.8 Å². The molecule has 1 atom stereocenters. The second-order valence-corrected chi connectivity index (χ2v) is 7.36. The average Bonchev–Trinajstić information content (AvgIpc) is 3.08. The Bertz CT molecular complexity index is 965. The fourth-order valence-electron chi connectivity index (χ4n) is 3.28. The maximum atomic E-state index is 12.5. The zero-order valence-corrected chi connectivity index (χ0v) is 15.0. The van der Waals surface area contributed by atoms with Crippen LogP contribution in [0.1, 0.15) is 30.1 Å². The van der Waals surface area contributed by atoms with Crippen LogP contribution in [0.15, 0.2) is 65.9 Å². The van der Waals surface area contributed by atoms with Crippen molar-refractivity contribution in [2.24, 2.45) is 0 Å². The molecule has 4 rings (SSSR count). The lowest BCUT2D eigenvalue weighted by molar-refractivity contribution is -0.116. The average molecular weight is 365 g/mol. The predicted octanol–water partition coefficient (Wildman–Crippen LogP) is 4.43. The summed E-state index contributed by atoms with van der Waals surface area (Å²) in [6, 6.07) is 17.7. The van der Waals surface area contributed by atoms with E-state index < -0.39 is 0 Å². The number of nitrogens with zero attached hydrogens (tertiary/aromatic N) is 3. The first-order valence-electron chi connectivity index (χ1n) is 8.64. The van der Waals surface area contributed by atoms with Gasteiger partial charge in [-0.15, -0.1) is 16.9 Å². The number of rotatable bonds is 5. The molecule has 0 saturated carbocycles. The maximum Gasteiger partial charge on any atom is 0.163 e. The minimum Gasteiger partial charge on any atom is -0.512 e. The molecular weight excluding hydrogens is 346 g/mol. The van der Waals surface area contributed by atoms with E-state index in [1.165, 1.54) is 0 Å². The maximum absolute atomic E-state index is 12.5. The van der Waals surface area contributed by atoms with Gasteiger partial charge in [0.1, 0.15) is 11.3 Å². The summed E-state index contributed by atoms with van der Waals surface area (Å²) < 4.78 is 1.83. The molecule has 1 aromatic heterocycles. The second kappa shape index (κ2) is 7.33. The predicted molar refractivity (Wildman–Crippen MR) is 103 cm³/mol. The van der Waals surface area contributed by atoms with Crippen LogP contribution < -0.4 is 0 Å². The van der Waals surface area contributed by atoms with Gasteiger partial charge in [-0.1, -0.05) is 47.7 Å². The molecule has 132 valence electrons. The molecular formula is C20H19N3O2S. The number of aromatic nitrogens is 3. The molecule has 0 aliphatic heterocycles. The summed E-state index contributed by atoms with van der Waals surface area (Å²) in [5, 5.41) is 18.6. The number of hydrogen-bond acceptors (Lipinski definition) is 5. The smallest absolute Gasteiger partial charge is 0.163 e. The molecule has 3 aromatic rings. The van der Waals surface area contributed by atoms with Crippen molar-refractivity contribution in [2.45, 2.75) is 30.4 Å². The van der Waals surface area contributed by atoms with Crippen molar-refractivity contribution in [3.63, 3.8) is 0 Å². The number of carbonyl (C=O) groups is 1. The Balaban J connectivity index is 1.67. The van der Waals surface area contributed by atoms with Gasteiger partial charge < -0.3 is 5.11 Å². The molecule has 0 radical (unpaired) electrons. The van der Waals surface area contributed by atoms with E-state index >= 15 is 0 Å². The standard InChI is InChI=1S/C20H19N3O2S/c24-17-11-6-12-18(25)19(17)20(14-7-2-1-3-8-14)26-13-23-16-10-5-4-9-15(16)21-22-23/h1-5,7-10,20,24H,6,11-13H2. The quantitative estimate of drug-likeness (QED) is 0.724. The summed E-state index contributed by atoms with van der Waals surface area (Å²) in [5.41, 5.74) is 3.36. The number of carbonyl (C=O) groups excluding carboxylic acids is 1. The Morgan fingerprint density at radius 3 is 2.65 bits per heavy atom. The van der Waals surface area contributed by atoms with Crippen LogP contribution in [0.5, 0.6) is 0 Å². The molecule has 1 aliphatic rings. The summed E-state index contributed by atoms with van der Waals surface area (Å²) in [5.74, 6) is 0.814. The van der Waals surface area contributed by atoms with Crippen LogP contribution in [0.25, 0.3) is 11.0 Å². The Morgan fingerprint density at radius 2 is 1.85 bits per heavy atom. The van der Waals surface area contributed by atoms with Gasteiger partial charge in [0, 0.05) is 12.8 Å². The molecule has 6 heteroatoms. The molecule has 2 aromatic carbocycles. The monoisotopic (exact) mass is 365 g/mol. The molecule has 26 heavy (non-hydrogen) atoms. The topological polar surface area (TPSA) is 68.0 Å². The fourth-order valence-corrected chi connectivity index (χ4v) is 4.54. The number of allylic oxidation sites excluding steroid dienone is 1. The first kappa shape index (κ1) is 16.8. The van der Waals surface area contributed by atoms with Crippen LogP contribution >= 0.6 is 11.8 Å². The minimum atomic E-state index is -0.216. The molecule has 5 nitrogen and oxygen atoms in total. The summed E-state index contributed by atoms with van der Waals surface area (Å²) >= 11 is 1.58. The molecule has 0 fully saturated rings. The van der Waals surface area contributed by atoms with E-state index in [0.29, 0.717) is 30.7 Å². The largest absolute Gasteiger partial charge is 0.512 e. The van der Waals surface area contributed by atoms with E-state index in [1.807, 2.05) is 59.3 Å². The number of Topliss-reactive ketones (excluding diaryl/α,β-unsaturated/α-hetero) is 1. The zero-order chi connectivity index (χ0) is 17.9. The lowest BCUT2D eigenvalue weighted by Gasteiger charge is -2.24. The van der Waals surface area contributed by atoms with Crippen molar-refractivity contribution in [3.8, 4) is 0 Å². The number of fused-ring (bicyclic) bond motifs is 1. The Hall–Kier alpha value is -2.60. The normalized spacial score (nSPS) is 16.2. The van der Waals surface area contributed by atoms with E-state index in [2.05, 4.69) is 10.3 Å². The lowest BCUT2D eigenvalue weighted by atomic mass is 9.91. The SMILES string of the molecule is O=C1CCCC(O)=C1C(SCn1nnc2ccccc21)c1ccccc1.